The van der Waals surface area contributed by atoms with Crippen LogP contribution in [-0.2, 0) is 19.6 Å². The van der Waals surface area contributed by atoms with Crippen molar-refractivity contribution in [3.63, 3.8) is 0 Å². The minimum atomic E-state index is -3.87. The van der Waals surface area contributed by atoms with Crippen molar-refractivity contribution in [3.05, 3.63) is 28.8 Å². The van der Waals surface area contributed by atoms with E-state index in [0.717, 1.165) is 12.8 Å². The van der Waals surface area contributed by atoms with Gasteiger partial charge in [-0.1, -0.05) is 11.6 Å². The Hall–Kier alpha value is -1.68. The molecule has 2 aliphatic heterocycles. The molecule has 0 bridgehead atoms. The maximum absolute atomic E-state index is 12.8. The van der Waals surface area contributed by atoms with E-state index in [1.807, 2.05) is 0 Å². The minimum absolute atomic E-state index is 0.0553. The van der Waals surface area contributed by atoms with Gasteiger partial charge < -0.3 is 15.0 Å². The highest BCUT2D eigenvalue weighted by Crippen LogP contribution is 2.24. The van der Waals surface area contributed by atoms with Crippen molar-refractivity contribution >= 4 is 33.4 Å². The summed E-state index contributed by atoms with van der Waals surface area (Å²) in [7, 11) is -3.87. The van der Waals surface area contributed by atoms with Gasteiger partial charge in [0.15, 0.2) is 0 Å². The Labute approximate surface area is 176 Å². The lowest BCUT2D eigenvalue weighted by atomic mass is 10.0. The topological polar surface area (TPSA) is 105 Å². The molecule has 160 valence electrons. The van der Waals surface area contributed by atoms with Crippen molar-refractivity contribution < 1.29 is 22.7 Å². The number of hydrogen-bond acceptors (Lipinski definition) is 5. The van der Waals surface area contributed by atoms with Crippen molar-refractivity contribution in [2.24, 2.45) is 0 Å². The van der Waals surface area contributed by atoms with E-state index in [0.29, 0.717) is 32.5 Å². The van der Waals surface area contributed by atoms with Crippen LogP contribution in [0.3, 0.4) is 0 Å². The Morgan fingerprint density at radius 3 is 2.59 bits per heavy atom. The molecule has 2 saturated heterocycles. The first-order chi connectivity index (χ1) is 13.8. The number of hydrogen-bond donors (Lipinski definition) is 2. The summed E-state index contributed by atoms with van der Waals surface area (Å²) < 4.78 is 33.3. The standard InChI is InChI=1S/C19H26ClN3O5S/c1-13(24)22-15-6-8-23(9-7-15)19(25)14-4-5-17(20)18(11-14)29(26,27)21-12-16-3-2-10-28-16/h4-5,11,15-16,21H,2-3,6-10,12H2,1H3,(H,22,24). The van der Waals surface area contributed by atoms with Gasteiger partial charge in [0, 0.05) is 44.8 Å². The normalized spacial score (nSPS) is 20.6. The highest BCUT2D eigenvalue weighted by atomic mass is 35.5. The van der Waals surface area contributed by atoms with Crippen molar-refractivity contribution in [2.45, 2.75) is 49.6 Å². The molecule has 0 aromatic heterocycles. The number of amides is 2. The molecule has 10 heteroatoms. The van der Waals surface area contributed by atoms with E-state index in [2.05, 4.69) is 10.0 Å². The van der Waals surface area contributed by atoms with E-state index in [9.17, 15) is 18.0 Å². The molecule has 0 spiro atoms. The van der Waals surface area contributed by atoms with E-state index in [1.54, 1.807) is 4.90 Å². The van der Waals surface area contributed by atoms with E-state index in [-0.39, 0.29) is 46.0 Å². The number of carbonyl (C=O) groups is 2. The molecule has 8 nitrogen and oxygen atoms in total. The Morgan fingerprint density at radius 1 is 1.24 bits per heavy atom. The number of rotatable bonds is 6. The van der Waals surface area contributed by atoms with Crippen molar-refractivity contribution in [3.8, 4) is 0 Å². The molecular formula is C19H26ClN3O5S. The average Bonchev–Trinajstić information content (AvgIpc) is 3.20. The molecule has 2 fully saturated rings. The van der Waals surface area contributed by atoms with Gasteiger partial charge in [0.05, 0.1) is 11.1 Å². The van der Waals surface area contributed by atoms with Crippen molar-refractivity contribution in [1.82, 2.24) is 14.9 Å². The number of likely N-dealkylation sites (tertiary alicyclic amines) is 1. The highest BCUT2D eigenvalue weighted by Gasteiger charge is 2.27. The summed E-state index contributed by atoms with van der Waals surface area (Å²) in [6.07, 6.45) is 2.90. The van der Waals surface area contributed by atoms with Gasteiger partial charge in [-0.25, -0.2) is 13.1 Å². The van der Waals surface area contributed by atoms with Gasteiger partial charge in [-0.2, -0.15) is 0 Å². The maximum Gasteiger partial charge on any atom is 0.253 e. The number of carbonyl (C=O) groups excluding carboxylic acids is 2. The smallest absolute Gasteiger partial charge is 0.253 e. The van der Waals surface area contributed by atoms with Gasteiger partial charge >= 0.3 is 0 Å². The molecule has 0 radical (unpaired) electrons. The average molecular weight is 444 g/mol. The van der Waals surface area contributed by atoms with Crippen LogP contribution in [0.1, 0.15) is 43.0 Å². The summed E-state index contributed by atoms with van der Waals surface area (Å²) >= 11 is 6.12. The fourth-order valence-corrected chi connectivity index (χ4v) is 5.21. The molecule has 0 saturated carbocycles. The minimum Gasteiger partial charge on any atom is -0.377 e. The molecule has 1 unspecified atom stereocenters. The van der Waals surface area contributed by atoms with Crippen molar-refractivity contribution in [2.75, 3.05) is 26.2 Å². The van der Waals surface area contributed by atoms with Crippen LogP contribution in [0.4, 0.5) is 0 Å². The summed E-state index contributed by atoms with van der Waals surface area (Å²) in [5.74, 6) is -0.337. The predicted octanol–water partition coefficient (Wildman–Crippen LogP) is 1.54. The van der Waals surface area contributed by atoms with Crippen LogP contribution in [0.5, 0.6) is 0 Å². The van der Waals surface area contributed by atoms with Crippen LogP contribution in [0.2, 0.25) is 5.02 Å². The first-order valence-electron chi connectivity index (χ1n) is 9.73. The second-order valence-corrected chi connectivity index (χ2v) is 9.54. The third-order valence-corrected chi connectivity index (χ3v) is 7.09. The van der Waals surface area contributed by atoms with E-state index in [4.69, 9.17) is 16.3 Å². The summed E-state index contributed by atoms with van der Waals surface area (Å²) in [5.41, 5.74) is 0.268. The Kier molecular flexibility index (Phi) is 7.15. The number of benzene rings is 1. The first-order valence-corrected chi connectivity index (χ1v) is 11.6. The summed E-state index contributed by atoms with van der Waals surface area (Å²) in [6.45, 7) is 3.26. The van der Waals surface area contributed by atoms with Crippen LogP contribution < -0.4 is 10.0 Å². The van der Waals surface area contributed by atoms with Crippen molar-refractivity contribution in [1.29, 1.82) is 0 Å². The lowest BCUT2D eigenvalue weighted by molar-refractivity contribution is -0.119. The Morgan fingerprint density at radius 2 is 1.97 bits per heavy atom. The molecule has 1 aromatic carbocycles. The molecular weight excluding hydrogens is 418 g/mol. The molecule has 1 aromatic rings. The van der Waals surface area contributed by atoms with Gasteiger partial charge in [0.2, 0.25) is 15.9 Å². The Bertz CT molecular complexity index is 863. The number of nitrogens with zero attached hydrogens (tertiary/aromatic N) is 1. The maximum atomic E-state index is 12.8. The quantitative estimate of drug-likeness (QED) is 0.693. The highest BCUT2D eigenvalue weighted by molar-refractivity contribution is 7.89. The first kappa shape index (κ1) is 22.0. The third-order valence-electron chi connectivity index (χ3n) is 5.18. The number of piperidine rings is 1. The fraction of sp³-hybridized carbons (Fsp3) is 0.579. The second kappa shape index (κ2) is 9.42. The number of sulfonamides is 1. The van der Waals surface area contributed by atoms with Gasteiger partial charge in [0.1, 0.15) is 4.90 Å². The molecule has 2 heterocycles. The number of nitrogens with one attached hydrogen (secondary N) is 2. The zero-order valence-electron chi connectivity index (χ0n) is 16.3. The van der Waals surface area contributed by atoms with Crippen LogP contribution in [-0.4, -0.2) is 63.5 Å². The van der Waals surface area contributed by atoms with Crippen LogP contribution in [0.25, 0.3) is 0 Å². The predicted molar refractivity (Wildman–Crippen MR) is 108 cm³/mol. The van der Waals surface area contributed by atoms with E-state index >= 15 is 0 Å². The number of ether oxygens (including phenoxy) is 1. The van der Waals surface area contributed by atoms with Gasteiger partial charge in [-0.05, 0) is 43.9 Å². The molecule has 3 rings (SSSR count). The largest absolute Gasteiger partial charge is 0.377 e. The van der Waals surface area contributed by atoms with Gasteiger partial charge in [-0.3, -0.25) is 9.59 Å². The molecule has 29 heavy (non-hydrogen) atoms. The number of halogens is 1. The molecule has 2 N–H and O–H groups in total. The summed E-state index contributed by atoms with van der Waals surface area (Å²) in [5, 5.41) is 2.92. The lowest BCUT2D eigenvalue weighted by Crippen LogP contribution is -2.46. The third kappa shape index (κ3) is 5.69. The van der Waals surface area contributed by atoms with Crippen LogP contribution >= 0.6 is 11.6 Å². The zero-order valence-corrected chi connectivity index (χ0v) is 17.9. The van der Waals surface area contributed by atoms with Crippen LogP contribution in [0.15, 0.2) is 23.1 Å². The van der Waals surface area contributed by atoms with Crippen LogP contribution in [0, 0.1) is 0 Å². The molecule has 1 atom stereocenters. The van der Waals surface area contributed by atoms with E-state index < -0.39 is 10.0 Å². The SMILES string of the molecule is CC(=O)NC1CCN(C(=O)c2ccc(Cl)c(S(=O)(=O)NCC3CCCO3)c2)CC1. The van der Waals surface area contributed by atoms with E-state index in [1.165, 1.54) is 25.1 Å². The fourth-order valence-electron chi connectivity index (χ4n) is 3.63. The monoisotopic (exact) mass is 443 g/mol. The second-order valence-electron chi connectivity index (χ2n) is 7.40. The molecule has 0 aliphatic carbocycles. The Balaban J connectivity index is 1.68. The zero-order chi connectivity index (χ0) is 21.0. The van der Waals surface area contributed by atoms with Gasteiger partial charge in [0.25, 0.3) is 5.91 Å². The lowest BCUT2D eigenvalue weighted by Gasteiger charge is -2.32. The molecule has 2 aliphatic rings. The molecule has 2 amide bonds. The summed E-state index contributed by atoms with van der Waals surface area (Å²) in [4.78, 5) is 25.6. The summed E-state index contributed by atoms with van der Waals surface area (Å²) in [6, 6.07) is 4.34. The van der Waals surface area contributed by atoms with Gasteiger partial charge in [-0.15, -0.1) is 0 Å².